The highest BCUT2D eigenvalue weighted by Crippen LogP contribution is 2.36. The zero-order valence-electron chi connectivity index (χ0n) is 20.9. The average Bonchev–Trinajstić information content (AvgIpc) is 3.30. The normalized spacial score (nSPS) is 13.4. The van der Waals surface area contributed by atoms with E-state index in [1.54, 1.807) is 43.3 Å². The number of nitrogens with one attached hydrogen (secondary N) is 1. The molecule has 36 heavy (non-hydrogen) atoms. The van der Waals surface area contributed by atoms with Crippen molar-refractivity contribution >= 4 is 39.1 Å². The summed E-state index contributed by atoms with van der Waals surface area (Å²) in [5.41, 5.74) is 0.920. The summed E-state index contributed by atoms with van der Waals surface area (Å²) in [7, 11) is -3.85. The smallest absolute Gasteiger partial charge is 0.244 e. The predicted octanol–water partition coefficient (Wildman–Crippen LogP) is 3.56. The molecule has 2 aromatic carbocycles. The Labute approximate surface area is 217 Å². The molecule has 1 heterocycles. The fourth-order valence-corrected chi connectivity index (χ4v) is 5.12. The van der Waals surface area contributed by atoms with Gasteiger partial charge in [0.05, 0.1) is 11.4 Å². The van der Waals surface area contributed by atoms with Crippen molar-refractivity contribution in [1.29, 1.82) is 0 Å². The molecule has 2 aromatic rings. The maximum atomic E-state index is 13.8. The Morgan fingerprint density at radius 2 is 1.78 bits per heavy atom. The minimum atomic E-state index is -3.85. The molecule has 1 aliphatic rings. The molecule has 0 saturated heterocycles. The lowest BCUT2D eigenvalue weighted by molar-refractivity contribution is -0.140. The van der Waals surface area contributed by atoms with Crippen LogP contribution in [0.5, 0.6) is 11.5 Å². The molecule has 1 unspecified atom stereocenters. The SMILES string of the molecule is CCC(C(=O)NC(C)C)N(Cc1ccccc1Cl)C(=O)CN(c1ccc2c(c1)OCO2)S(=O)(=O)CC. The fourth-order valence-electron chi connectivity index (χ4n) is 3.87. The van der Waals surface area contributed by atoms with Crippen LogP contribution in [0.4, 0.5) is 5.69 Å². The highest BCUT2D eigenvalue weighted by Gasteiger charge is 2.33. The Bertz CT molecular complexity index is 1200. The molecule has 0 saturated carbocycles. The number of halogens is 1. The van der Waals surface area contributed by atoms with Crippen LogP contribution in [0.25, 0.3) is 0 Å². The summed E-state index contributed by atoms with van der Waals surface area (Å²) in [6, 6.07) is 10.8. The van der Waals surface area contributed by atoms with E-state index in [4.69, 9.17) is 21.1 Å². The summed E-state index contributed by atoms with van der Waals surface area (Å²) in [6.07, 6.45) is 0.333. The van der Waals surface area contributed by atoms with E-state index >= 15 is 0 Å². The van der Waals surface area contributed by atoms with Gasteiger partial charge in [0.15, 0.2) is 11.5 Å². The number of amides is 2. The third-order valence-corrected chi connectivity index (χ3v) is 7.85. The van der Waals surface area contributed by atoms with E-state index in [1.807, 2.05) is 13.8 Å². The number of carbonyl (C=O) groups excluding carboxylic acids is 2. The largest absolute Gasteiger partial charge is 0.454 e. The summed E-state index contributed by atoms with van der Waals surface area (Å²) >= 11 is 6.37. The van der Waals surface area contributed by atoms with Crippen LogP contribution in [-0.4, -0.2) is 56.3 Å². The number of anilines is 1. The molecule has 1 aliphatic heterocycles. The maximum Gasteiger partial charge on any atom is 0.244 e. The lowest BCUT2D eigenvalue weighted by Crippen LogP contribution is -2.53. The van der Waals surface area contributed by atoms with Gasteiger partial charge in [-0.3, -0.25) is 13.9 Å². The lowest BCUT2D eigenvalue weighted by atomic mass is 10.1. The second kappa shape index (κ2) is 11.8. The van der Waals surface area contributed by atoms with Crippen LogP contribution in [0.1, 0.15) is 39.7 Å². The van der Waals surface area contributed by atoms with Gasteiger partial charge in [-0.2, -0.15) is 0 Å². The zero-order valence-corrected chi connectivity index (χ0v) is 22.4. The molecule has 1 N–H and O–H groups in total. The summed E-state index contributed by atoms with van der Waals surface area (Å²) < 4.78 is 37.9. The van der Waals surface area contributed by atoms with E-state index in [1.165, 1.54) is 17.9 Å². The molecule has 0 aromatic heterocycles. The van der Waals surface area contributed by atoms with Gasteiger partial charge in [-0.05, 0) is 51.0 Å². The Morgan fingerprint density at radius 1 is 1.08 bits per heavy atom. The van der Waals surface area contributed by atoms with Gasteiger partial charge < -0.3 is 19.7 Å². The Balaban J connectivity index is 1.99. The monoisotopic (exact) mass is 537 g/mol. The highest BCUT2D eigenvalue weighted by atomic mass is 35.5. The number of ether oxygens (including phenoxy) is 2. The second-order valence-electron chi connectivity index (χ2n) is 8.65. The van der Waals surface area contributed by atoms with Gasteiger partial charge in [0.25, 0.3) is 0 Å². The molecule has 1 atom stereocenters. The summed E-state index contributed by atoms with van der Waals surface area (Å²) in [5, 5.41) is 3.30. The quantitative estimate of drug-likeness (QED) is 0.470. The van der Waals surface area contributed by atoms with Crippen LogP contribution in [0.3, 0.4) is 0 Å². The van der Waals surface area contributed by atoms with Crippen molar-refractivity contribution in [2.45, 2.75) is 52.7 Å². The molecule has 9 nitrogen and oxygen atoms in total. The molecule has 0 spiro atoms. The number of benzene rings is 2. The number of rotatable bonds is 11. The van der Waals surface area contributed by atoms with Crippen molar-refractivity contribution in [3.05, 3.63) is 53.1 Å². The molecular formula is C25H32ClN3O6S. The minimum Gasteiger partial charge on any atom is -0.454 e. The van der Waals surface area contributed by atoms with Crippen LogP contribution in [-0.2, 0) is 26.2 Å². The van der Waals surface area contributed by atoms with Crippen LogP contribution in [0.2, 0.25) is 5.02 Å². The maximum absolute atomic E-state index is 13.8. The van der Waals surface area contributed by atoms with Gasteiger partial charge in [-0.1, -0.05) is 36.7 Å². The molecule has 196 valence electrons. The van der Waals surface area contributed by atoms with Crippen molar-refractivity contribution < 1.29 is 27.5 Å². The van der Waals surface area contributed by atoms with Crippen molar-refractivity contribution in [2.24, 2.45) is 0 Å². The van der Waals surface area contributed by atoms with Crippen molar-refractivity contribution in [3.8, 4) is 11.5 Å². The topological polar surface area (TPSA) is 105 Å². The third kappa shape index (κ3) is 6.41. The highest BCUT2D eigenvalue weighted by molar-refractivity contribution is 7.92. The van der Waals surface area contributed by atoms with E-state index in [-0.39, 0.29) is 36.7 Å². The number of fused-ring (bicyclic) bond motifs is 1. The standard InChI is InChI=1S/C25H32ClN3O6S/c1-5-21(25(31)27-17(3)4)28(14-18-9-7-8-10-20(18)26)24(30)15-29(36(32,33)6-2)19-11-12-22-23(13-19)35-16-34-22/h7-13,17,21H,5-6,14-16H2,1-4H3,(H,27,31). The van der Waals surface area contributed by atoms with Gasteiger partial charge in [-0.15, -0.1) is 0 Å². The van der Waals surface area contributed by atoms with Crippen LogP contribution in [0, 0.1) is 0 Å². The molecular weight excluding hydrogens is 506 g/mol. The first-order chi connectivity index (χ1) is 17.1. The summed E-state index contributed by atoms with van der Waals surface area (Å²) in [4.78, 5) is 28.2. The van der Waals surface area contributed by atoms with Gasteiger partial charge in [-0.25, -0.2) is 8.42 Å². The van der Waals surface area contributed by atoms with Crippen LogP contribution < -0.4 is 19.1 Å². The molecule has 0 fully saturated rings. The zero-order chi connectivity index (χ0) is 26.5. The first kappa shape index (κ1) is 27.6. The van der Waals surface area contributed by atoms with Gasteiger partial charge >= 0.3 is 0 Å². The number of nitrogens with zero attached hydrogens (tertiary/aromatic N) is 2. The van der Waals surface area contributed by atoms with Gasteiger partial charge in [0, 0.05) is 23.7 Å². The number of carbonyl (C=O) groups is 2. The number of sulfonamides is 1. The van der Waals surface area contributed by atoms with Gasteiger partial charge in [0.2, 0.25) is 28.6 Å². The Morgan fingerprint density at radius 3 is 2.42 bits per heavy atom. The van der Waals surface area contributed by atoms with E-state index in [0.717, 1.165) is 4.31 Å². The lowest BCUT2D eigenvalue weighted by Gasteiger charge is -2.33. The average molecular weight is 538 g/mol. The van der Waals surface area contributed by atoms with Crippen LogP contribution >= 0.6 is 11.6 Å². The summed E-state index contributed by atoms with van der Waals surface area (Å²) in [5.74, 6) is -0.177. The minimum absolute atomic E-state index is 0.0347. The third-order valence-electron chi connectivity index (χ3n) is 5.74. The Hall–Kier alpha value is -2.98. The molecule has 0 aliphatic carbocycles. The number of hydrogen-bond acceptors (Lipinski definition) is 6. The summed E-state index contributed by atoms with van der Waals surface area (Å²) in [6.45, 7) is 6.56. The first-order valence-corrected chi connectivity index (χ1v) is 13.8. The van der Waals surface area contributed by atoms with E-state index in [0.29, 0.717) is 28.5 Å². The van der Waals surface area contributed by atoms with Crippen molar-refractivity contribution in [2.75, 3.05) is 23.4 Å². The second-order valence-corrected chi connectivity index (χ2v) is 11.2. The first-order valence-electron chi connectivity index (χ1n) is 11.8. The molecule has 2 amide bonds. The Kier molecular flexibility index (Phi) is 9.08. The number of hydrogen-bond donors (Lipinski definition) is 1. The molecule has 11 heteroatoms. The van der Waals surface area contributed by atoms with E-state index in [2.05, 4.69) is 5.32 Å². The van der Waals surface area contributed by atoms with Crippen molar-refractivity contribution in [1.82, 2.24) is 10.2 Å². The molecule has 0 radical (unpaired) electrons. The fraction of sp³-hybridized carbons (Fsp3) is 0.440. The van der Waals surface area contributed by atoms with Crippen LogP contribution in [0.15, 0.2) is 42.5 Å². The molecule has 0 bridgehead atoms. The predicted molar refractivity (Wildman–Crippen MR) is 139 cm³/mol. The van der Waals surface area contributed by atoms with Gasteiger partial charge in [0.1, 0.15) is 12.6 Å². The van der Waals surface area contributed by atoms with Crippen molar-refractivity contribution in [3.63, 3.8) is 0 Å². The molecule has 3 rings (SSSR count). The van der Waals surface area contributed by atoms with E-state index < -0.39 is 28.5 Å². The van der Waals surface area contributed by atoms with E-state index in [9.17, 15) is 18.0 Å².